The van der Waals surface area contributed by atoms with Gasteiger partial charge in [0.1, 0.15) is 15.8 Å². The summed E-state index contributed by atoms with van der Waals surface area (Å²) in [4.78, 5) is 90.3. The summed E-state index contributed by atoms with van der Waals surface area (Å²) in [6.07, 6.45) is 5.23. The standard InChI is InChI=1S/C25H19N3O3S.C18H12BrN3O3/c1-15(28-23(29)16-9-3-4-10-17(16)24(28)30)22-21(18-11-5-6-12-19(18)32-2)25(31)27-14-8-7-13-20(27)26-22;1-10(22-16(23)11-6-2-3-7-12(11)17(22)24)15-14(19)18(25)21-9-5-4-8-13(21)20-15/h3-15H,1-2H3;2-10H,1H3. The second-order valence-corrected chi connectivity index (χ2v) is 14.9. The lowest BCUT2D eigenvalue weighted by Crippen LogP contribution is -2.35. The van der Waals surface area contributed by atoms with Gasteiger partial charge in [0.2, 0.25) is 0 Å². The van der Waals surface area contributed by atoms with E-state index in [0.717, 1.165) is 15.4 Å². The minimum atomic E-state index is -0.731. The molecule has 14 heteroatoms. The predicted molar refractivity (Wildman–Crippen MR) is 219 cm³/mol. The van der Waals surface area contributed by atoms with Crippen molar-refractivity contribution in [3.8, 4) is 11.1 Å². The number of nitrogens with zero attached hydrogens (tertiary/aromatic N) is 6. The Morgan fingerprint density at radius 2 is 0.895 bits per heavy atom. The molecule has 0 aliphatic carbocycles. The van der Waals surface area contributed by atoms with Gasteiger partial charge < -0.3 is 0 Å². The number of pyridine rings is 2. The van der Waals surface area contributed by atoms with Gasteiger partial charge in [-0.3, -0.25) is 47.4 Å². The van der Waals surface area contributed by atoms with Crippen molar-refractivity contribution >= 4 is 62.6 Å². The van der Waals surface area contributed by atoms with E-state index in [1.807, 2.05) is 30.5 Å². The van der Waals surface area contributed by atoms with Gasteiger partial charge in [-0.05, 0) is 90.6 Å². The first kappa shape index (κ1) is 37.4. The van der Waals surface area contributed by atoms with Gasteiger partial charge in [-0.15, -0.1) is 11.8 Å². The molecule has 9 rings (SSSR count). The third kappa shape index (κ3) is 6.17. The zero-order chi connectivity index (χ0) is 40.1. The molecule has 2 aliphatic rings. The second-order valence-electron chi connectivity index (χ2n) is 13.3. The zero-order valence-corrected chi connectivity index (χ0v) is 33.0. The largest absolute Gasteiger partial charge is 0.272 e. The van der Waals surface area contributed by atoms with E-state index in [4.69, 9.17) is 4.98 Å². The molecule has 2 aliphatic heterocycles. The molecular formula is C43H31BrN6O6S. The van der Waals surface area contributed by atoms with Gasteiger partial charge in [0.15, 0.2) is 0 Å². The summed E-state index contributed by atoms with van der Waals surface area (Å²) in [5.41, 5.74) is 3.73. The average Bonchev–Trinajstić information content (AvgIpc) is 3.65. The van der Waals surface area contributed by atoms with E-state index in [9.17, 15) is 28.8 Å². The average molecular weight is 840 g/mol. The van der Waals surface area contributed by atoms with Crippen LogP contribution in [0.1, 0.15) is 78.8 Å². The first-order chi connectivity index (χ1) is 27.5. The van der Waals surface area contributed by atoms with Crippen LogP contribution in [-0.2, 0) is 0 Å². The number of halogens is 1. The normalized spacial score (nSPS) is 14.5. The van der Waals surface area contributed by atoms with Crippen LogP contribution in [0.25, 0.3) is 22.4 Å². The summed E-state index contributed by atoms with van der Waals surface area (Å²) in [6, 6.07) is 30.1. The Morgan fingerprint density at radius 1 is 0.509 bits per heavy atom. The number of rotatable bonds is 6. The summed E-state index contributed by atoms with van der Waals surface area (Å²) in [5.74, 6) is -1.51. The maximum atomic E-state index is 13.6. The first-order valence-corrected chi connectivity index (χ1v) is 19.8. The quantitative estimate of drug-likeness (QED) is 0.125. The van der Waals surface area contributed by atoms with E-state index in [-0.39, 0.29) is 39.2 Å². The van der Waals surface area contributed by atoms with Crippen LogP contribution in [0, 0.1) is 0 Å². The van der Waals surface area contributed by atoms with Crippen LogP contribution in [0.4, 0.5) is 0 Å². The Labute approximate surface area is 337 Å². The predicted octanol–water partition coefficient (Wildman–Crippen LogP) is 7.25. The monoisotopic (exact) mass is 838 g/mol. The van der Waals surface area contributed by atoms with Crippen molar-refractivity contribution in [3.63, 3.8) is 0 Å². The molecule has 0 spiro atoms. The minimum absolute atomic E-state index is 0.236. The molecule has 2 unspecified atom stereocenters. The third-order valence-corrected chi connectivity index (χ3v) is 11.6. The van der Waals surface area contributed by atoms with Gasteiger partial charge in [-0.25, -0.2) is 9.97 Å². The number of imide groups is 2. The van der Waals surface area contributed by atoms with Crippen molar-refractivity contribution in [2.45, 2.75) is 30.8 Å². The molecule has 6 heterocycles. The van der Waals surface area contributed by atoms with E-state index in [1.165, 1.54) is 25.5 Å². The molecule has 3 aromatic carbocycles. The maximum absolute atomic E-state index is 13.6. The molecule has 57 heavy (non-hydrogen) atoms. The van der Waals surface area contributed by atoms with Crippen molar-refractivity contribution < 1.29 is 19.2 Å². The minimum Gasteiger partial charge on any atom is -0.269 e. The van der Waals surface area contributed by atoms with Crippen molar-refractivity contribution in [2.24, 2.45) is 0 Å². The molecule has 7 aromatic rings. The summed E-state index contributed by atoms with van der Waals surface area (Å²) in [6.45, 7) is 3.43. The van der Waals surface area contributed by atoms with Crippen LogP contribution < -0.4 is 11.1 Å². The number of thioether (sulfide) groups is 1. The van der Waals surface area contributed by atoms with Gasteiger partial charge in [0.05, 0.1) is 51.3 Å². The fourth-order valence-electron chi connectivity index (χ4n) is 7.24. The molecule has 12 nitrogen and oxygen atoms in total. The number of carbonyl (C=O) groups excluding carboxylic acids is 4. The van der Waals surface area contributed by atoms with Crippen LogP contribution in [0.15, 0.2) is 141 Å². The fourth-order valence-corrected chi connectivity index (χ4v) is 8.45. The molecule has 0 saturated heterocycles. The summed E-state index contributed by atoms with van der Waals surface area (Å²) >= 11 is 4.80. The SMILES string of the molecule is CC(c1nc2ccccn2c(=O)c1Br)N1C(=O)c2ccccc2C1=O.CSc1ccccc1-c1c(C(C)N2C(=O)c3ccccc3C2=O)nc2ccccn2c1=O. The molecule has 0 fully saturated rings. The Bertz CT molecular complexity index is 2890. The van der Waals surface area contributed by atoms with Crippen LogP contribution in [0.5, 0.6) is 0 Å². The van der Waals surface area contributed by atoms with Crippen molar-refractivity contribution in [1.82, 2.24) is 28.6 Å². The lowest BCUT2D eigenvalue weighted by molar-refractivity contribution is 0.0576. The van der Waals surface area contributed by atoms with Gasteiger partial charge in [0.25, 0.3) is 34.7 Å². The number of aromatic nitrogens is 4. The molecule has 0 N–H and O–H groups in total. The van der Waals surface area contributed by atoms with Crippen LogP contribution in [0.2, 0.25) is 0 Å². The number of amides is 4. The van der Waals surface area contributed by atoms with Crippen molar-refractivity contribution in [3.05, 3.63) is 180 Å². The molecule has 0 saturated carbocycles. The van der Waals surface area contributed by atoms with Gasteiger partial charge in [-0.2, -0.15) is 0 Å². The van der Waals surface area contributed by atoms with Gasteiger partial charge in [-0.1, -0.05) is 54.6 Å². The van der Waals surface area contributed by atoms with Gasteiger partial charge >= 0.3 is 0 Å². The van der Waals surface area contributed by atoms with E-state index >= 15 is 0 Å². The highest BCUT2D eigenvalue weighted by Crippen LogP contribution is 2.37. The number of hydrogen-bond donors (Lipinski definition) is 0. The topological polar surface area (TPSA) is 144 Å². The van der Waals surface area contributed by atoms with Crippen molar-refractivity contribution in [1.29, 1.82) is 0 Å². The first-order valence-electron chi connectivity index (χ1n) is 17.8. The summed E-state index contributed by atoms with van der Waals surface area (Å²) in [7, 11) is 0. The van der Waals surface area contributed by atoms with E-state index < -0.39 is 12.1 Å². The fraction of sp³-hybridized carbons (Fsp3) is 0.116. The number of benzene rings is 3. The lowest BCUT2D eigenvalue weighted by atomic mass is 10.0. The highest BCUT2D eigenvalue weighted by atomic mass is 79.9. The van der Waals surface area contributed by atoms with Gasteiger partial charge in [0, 0.05) is 22.9 Å². The Kier molecular flexibility index (Phi) is 9.75. The number of hydrogen-bond acceptors (Lipinski definition) is 9. The number of fused-ring (bicyclic) bond motifs is 4. The van der Waals surface area contributed by atoms with Crippen LogP contribution in [-0.4, -0.2) is 58.5 Å². The molecule has 4 aromatic heterocycles. The Hall–Kier alpha value is -6.51. The zero-order valence-electron chi connectivity index (χ0n) is 30.6. The van der Waals surface area contributed by atoms with Crippen LogP contribution >= 0.6 is 27.7 Å². The number of carbonyl (C=O) groups is 4. The molecule has 282 valence electrons. The highest BCUT2D eigenvalue weighted by Gasteiger charge is 2.41. The molecule has 0 radical (unpaired) electrons. The van der Waals surface area contributed by atoms with Crippen molar-refractivity contribution in [2.75, 3.05) is 6.26 Å². The Morgan fingerprint density at radius 3 is 1.37 bits per heavy atom. The summed E-state index contributed by atoms with van der Waals surface area (Å²) < 4.78 is 3.13. The second kappa shape index (κ2) is 14.9. The molecule has 4 amide bonds. The molecule has 0 bridgehead atoms. The van der Waals surface area contributed by atoms with E-state index in [0.29, 0.717) is 50.5 Å². The summed E-state index contributed by atoms with van der Waals surface area (Å²) in [5, 5.41) is 0. The maximum Gasteiger partial charge on any atom is 0.272 e. The van der Waals surface area contributed by atoms with E-state index in [1.54, 1.807) is 111 Å². The molecular weight excluding hydrogens is 808 g/mol. The van der Waals surface area contributed by atoms with Crippen LogP contribution in [0.3, 0.4) is 0 Å². The highest BCUT2D eigenvalue weighted by molar-refractivity contribution is 9.10. The molecule has 2 atom stereocenters. The van der Waals surface area contributed by atoms with E-state index in [2.05, 4.69) is 20.9 Å². The third-order valence-electron chi connectivity index (χ3n) is 10.1. The smallest absolute Gasteiger partial charge is 0.269 e. The lowest BCUT2D eigenvalue weighted by Gasteiger charge is -2.24. The Balaban J connectivity index is 0.000000165.